The third kappa shape index (κ3) is 17.0. The van der Waals surface area contributed by atoms with Gasteiger partial charge in [-0.3, -0.25) is 4.79 Å². The summed E-state index contributed by atoms with van der Waals surface area (Å²) in [7, 11) is -5.36. The Balaban J connectivity index is 3.18. The molecule has 1 saturated carbocycles. The first-order chi connectivity index (χ1) is 18.9. The molecule has 0 N–H and O–H groups in total. The highest BCUT2D eigenvalue weighted by atomic mass is 28.4. The molecule has 9 heteroatoms. The van der Waals surface area contributed by atoms with Crippen LogP contribution in [0.25, 0.3) is 0 Å². The van der Waals surface area contributed by atoms with Crippen LogP contribution in [-0.2, 0) is 22.9 Å². The van der Waals surface area contributed by atoms with Gasteiger partial charge >= 0.3 is 0 Å². The van der Waals surface area contributed by atoms with E-state index in [-0.39, 0.29) is 29.5 Å². The Hall–Kier alpha value is -1.01. The maximum absolute atomic E-state index is 12.1. The van der Waals surface area contributed by atoms with Gasteiger partial charge in [-0.15, -0.1) is 0 Å². The first-order valence-electron chi connectivity index (χ1n) is 16.0. The molecule has 6 nitrogen and oxygen atoms in total. The molecule has 1 aliphatic rings. The van der Waals surface area contributed by atoms with E-state index in [1.54, 1.807) is 0 Å². The molecule has 1 aliphatic carbocycles. The highest BCUT2D eigenvalue weighted by Gasteiger charge is 2.42. The molecule has 0 aromatic rings. The molecule has 0 unspecified atom stereocenters. The van der Waals surface area contributed by atoms with Crippen LogP contribution in [-0.4, -0.2) is 54.9 Å². The zero-order valence-corrected chi connectivity index (χ0v) is 31.6. The number of carbonyl (C=O) groups is 1. The molecule has 238 valence electrons. The largest absolute Gasteiger partial charge is 0.520 e. The standard InChI is InChI=1S/C32H63NO5Si3/c1-13-15-20-24-32(3,38-41(10,11)12)25-23-28-27(21-18-16-17-19-22-31(34)37-40(7,8)9)29(33-35-14-2)26-30(28)36-39(4,5)6/h16,18,23,25,27-28,30H,13-15,17,19-22,24,26H2,1-12H3/b18-16+,25-23+,33-29+/t27-,28-,30-,32+/m1/s1. The summed E-state index contributed by atoms with van der Waals surface area (Å²) in [5.74, 6) is 0.339. The summed E-state index contributed by atoms with van der Waals surface area (Å²) < 4.78 is 19.1. The van der Waals surface area contributed by atoms with Crippen molar-refractivity contribution in [1.29, 1.82) is 0 Å². The third-order valence-corrected chi connectivity index (χ3v) is 9.69. The number of hydrogen-bond acceptors (Lipinski definition) is 6. The average Bonchev–Trinajstić information content (AvgIpc) is 3.10. The van der Waals surface area contributed by atoms with Crippen LogP contribution in [0.1, 0.15) is 78.6 Å². The summed E-state index contributed by atoms with van der Waals surface area (Å²) in [5, 5.41) is 4.59. The second-order valence-corrected chi connectivity index (χ2v) is 28.0. The lowest BCUT2D eigenvalue weighted by atomic mass is 9.88. The van der Waals surface area contributed by atoms with E-state index in [1.807, 2.05) is 26.6 Å². The molecule has 0 aliphatic heterocycles. The van der Waals surface area contributed by atoms with Gasteiger partial charge in [-0.1, -0.05) is 55.6 Å². The second kappa shape index (κ2) is 17.3. The van der Waals surface area contributed by atoms with Crippen LogP contribution >= 0.6 is 0 Å². The lowest BCUT2D eigenvalue weighted by Crippen LogP contribution is -2.40. The van der Waals surface area contributed by atoms with Gasteiger partial charge in [-0.05, 0) is 98.5 Å². The molecule has 1 fully saturated rings. The summed E-state index contributed by atoms with van der Waals surface area (Å²) in [6, 6.07) is 0. The van der Waals surface area contributed by atoms with E-state index in [0.29, 0.717) is 13.0 Å². The predicted octanol–water partition coefficient (Wildman–Crippen LogP) is 9.48. The minimum Gasteiger partial charge on any atom is -0.520 e. The summed E-state index contributed by atoms with van der Waals surface area (Å²) in [5.41, 5.74) is 0.806. The van der Waals surface area contributed by atoms with Gasteiger partial charge in [-0.2, -0.15) is 0 Å². The number of unbranched alkanes of at least 4 members (excludes halogenated alkanes) is 3. The lowest BCUT2D eigenvalue weighted by Gasteiger charge is -2.35. The normalized spacial score (nSPS) is 23.0. The lowest BCUT2D eigenvalue weighted by molar-refractivity contribution is -0.135. The maximum Gasteiger partial charge on any atom is 0.292 e. The molecule has 0 aromatic heterocycles. The van der Waals surface area contributed by atoms with Crippen LogP contribution in [0.3, 0.4) is 0 Å². The van der Waals surface area contributed by atoms with Gasteiger partial charge in [0.1, 0.15) is 6.61 Å². The van der Waals surface area contributed by atoms with Crippen molar-refractivity contribution in [3.63, 3.8) is 0 Å². The van der Waals surface area contributed by atoms with Crippen LogP contribution in [0.15, 0.2) is 29.5 Å². The van der Waals surface area contributed by atoms with Crippen LogP contribution in [0.2, 0.25) is 58.9 Å². The Bertz CT molecular complexity index is 870. The smallest absolute Gasteiger partial charge is 0.292 e. The topological polar surface area (TPSA) is 66.4 Å². The van der Waals surface area contributed by atoms with Gasteiger partial charge in [0, 0.05) is 24.7 Å². The monoisotopic (exact) mass is 625 g/mol. The number of allylic oxidation sites excluding steroid dienone is 2. The van der Waals surface area contributed by atoms with Gasteiger partial charge in [-0.25, -0.2) is 0 Å². The van der Waals surface area contributed by atoms with Gasteiger partial charge in [0.05, 0.1) is 17.4 Å². The fourth-order valence-corrected chi connectivity index (χ4v) is 8.88. The van der Waals surface area contributed by atoms with Crippen molar-refractivity contribution in [2.24, 2.45) is 17.0 Å². The van der Waals surface area contributed by atoms with E-state index in [2.05, 4.69) is 82.6 Å². The molecule has 0 aromatic carbocycles. The van der Waals surface area contributed by atoms with Gasteiger partial charge in [0.25, 0.3) is 5.97 Å². The Labute approximate surface area is 256 Å². The van der Waals surface area contributed by atoms with Crippen LogP contribution < -0.4 is 0 Å². The van der Waals surface area contributed by atoms with E-state index in [1.165, 1.54) is 12.8 Å². The molecule has 0 spiro atoms. The molecule has 0 heterocycles. The number of hydrogen-bond donors (Lipinski definition) is 0. The average molecular weight is 626 g/mol. The molecule has 4 atom stereocenters. The van der Waals surface area contributed by atoms with E-state index in [4.69, 9.17) is 18.1 Å². The quantitative estimate of drug-likeness (QED) is 0.0619. The number of carbonyl (C=O) groups excluding carboxylic acids is 1. The fraction of sp³-hybridized carbons (Fsp3) is 0.812. The van der Waals surface area contributed by atoms with Gasteiger partial charge in [0.15, 0.2) is 16.6 Å². The number of rotatable bonds is 19. The van der Waals surface area contributed by atoms with Gasteiger partial charge < -0.3 is 18.1 Å². The van der Waals surface area contributed by atoms with Crippen molar-refractivity contribution in [2.75, 3.05) is 6.61 Å². The molecule has 0 radical (unpaired) electrons. The molecule has 0 saturated heterocycles. The van der Waals surface area contributed by atoms with Crippen LogP contribution in [0, 0.1) is 11.8 Å². The minimum absolute atomic E-state index is 0.0708. The zero-order chi connectivity index (χ0) is 31.3. The molecule has 1 rings (SSSR count). The molecular formula is C32H63NO5Si3. The Kier molecular flexibility index (Phi) is 16.1. The Morgan fingerprint density at radius 1 is 0.951 bits per heavy atom. The van der Waals surface area contributed by atoms with E-state index in [0.717, 1.165) is 44.2 Å². The van der Waals surface area contributed by atoms with Gasteiger partial charge in [0.2, 0.25) is 8.32 Å². The number of oxime groups is 1. The summed E-state index contributed by atoms with van der Waals surface area (Å²) in [4.78, 5) is 17.7. The molecular weight excluding hydrogens is 563 g/mol. The Morgan fingerprint density at radius 2 is 1.63 bits per heavy atom. The first kappa shape index (κ1) is 38.0. The second-order valence-electron chi connectivity index (χ2n) is 14.7. The first-order valence-corrected chi connectivity index (χ1v) is 26.2. The van der Waals surface area contributed by atoms with E-state index in [9.17, 15) is 4.79 Å². The Morgan fingerprint density at radius 3 is 2.20 bits per heavy atom. The minimum atomic E-state index is -1.82. The summed E-state index contributed by atoms with van der Waals surface area (Å²) >= 11 is 0. The van der Waals surface area contributed by atoms with Crippen LogP contribution in [0.4, 0.5) is 0 Å². The van der Waals surface area contributed by atoms with Crippen molar-refractivity contribution in [1.82, 2.24) is 0 Å². The van der Waals surface area contributed by atoms with Crippen molar-refractivity contribution < 1.29 is 22.9 Å². The summed E-state index contributed by atoms with van der Waals surface area (Å²) in [6.07, 6.45) is 17.7. The molecule has 0 amide bonds. The van der Waals surface area contributed by atoms with Crippen molar-refractivity contribution >= 4 is 36.6 Å². The molecule has 0 bridgehead atoms. The van der Waals surface area contributed by atoms with Crippen molar-refractivity contribution in [3.8, 4) is 0 Å². The predicted molar refractivity (Wildman–Crippen MR) is 182 cm³/mol. The van der Waals surface area contributed by atoms with E-state index >= 15 is 0 Å². The fourth-order valence-electron chi connectivity index (χ4n) is 5.38. The van der Waals surface area contributed by atoms with E-state index < -0.39 is 25.0 Å². The molecule has 41 heavy (non-hydrogen) atoms. The highest BCUT2D eigenvalue weighted by molar-refractivity contribution is 6.71. The maximum atomic E-state index is 12.1. The van der Waals surface area contributed by atoms with Crippen molar-refractivity contribution in [2.45, 2.75) is 149 Å². The van der Waals surface area contributed by atoms with Crippen molar-refractivity contribution in [3.05, 3.63) is 24.3 Å². The third-order valence-electron chi connectivity index (χ3n) is 6.76. The zero-order valence-electron chi connectivity index (χ0n) is 28.6. The summed E-state index contributed by atoms with van der Waals surface area (Å²) in [6.45, 7) is 26.8. The SMILES string of the molecule is CCCCC[C@@](C)(/C=C/[C@H]1[C@H](O[Si](C)(C)C)C/C(=N\OCC)[C@@H]1C/C=C/CCCC(=O)O[Si](C)(C)C)O[Si](C)(C)C. The number of nitrogens with zero attached hydrogens (tertiary/aromatic N) is 1. The van der Waals surface area contributed by atoms with Crippen LogP contribution in [0.5, 0.6) is 0 Å². The highest BCUT2D eigenvalue weighted by Crippen LogP contribution is 2.39.